The Balaban J connectivity index is 2.23. The standard InChI is InChI=1S/C15H15FO2/c1-2-9-18-13-6-3-11(4-7-13)14-8-5-12(17)10-15(14)16/h3-8,10,17H,2,9H2,1H3. The highest BCUT2D eigenvalue weighted by Crippen LogP contribution is 2.27. The third-order valence-electron chi connectivity index (χ3n) is 2.59. The van der Waals surface area contributed by atoms with E-state index in [2.05, 4.69) is 0 Å². The van der Waals surface area contributed by atoms with Crippen molar-refractivity contribution < 1.29 is 14.2 Å². The Labute approximate surface area is 106 Å². The van der Waals surface area contributed by atoms with Crippen molar-refractivity contribution in [1.82, 2.24) is 0 Å². The van der Waals surface area contributed by atoms with E-state index in [1.54, 1.807) is 18.2 Å². The van der Waals surface area contributed by atoms with Crippen molar-refractivity contribution in [3.05, 3.63) is 48.3 Å². The number of phenolic OH excluding ortho intramolecular Hbond substituents is 1. The summed E-state index contributed by atoms with van der Waals surface area (Å²) >= 11 is 0. The van der Waals surface area contributed by atoms with Gasteiger partial charge in [-0.2, -0.15) is 0 Å². The normalized spacial score (nSPS) is 10.3. The molecule has 0 amide bonds. The molecule has 2 aromatic rings. The Morgan fingerprint density at radius 2 is 1.83 bits per heavy atom. The maximum atomic E-state index is 13.6. The fourth-order valence-electron chi connectivity index (χ4n) is 1.69. The molecular formula is C15H15FO2. The number of halogens is 1. The van der Waals surface area contributed by atoms with Crippen LogP contribution in [-0.4, -0.2) is 11.7 Å². The van der Waals surface area contributed by atoms with Crippen LogP contribution in [0.2, 0.25) is 0 Å². The molecular weight excluding hydrogens is 231 g/mol. The Morgan fingerprint density at radius 1 is 1.11 bits per heavy atom. The summed E-state index contributed by atoms with van der Waals surface area (Å²) in [6, 6.07) is 11.4. The van der Waals surface area contributed by atoms with Crippen LogP contribution in [0.15, 0.2) is 42.5 Å². The fraction of sp³-hybridized carbons (Fsp3) is 0.200. The maximum Gasteiger partial charge on any atom is 0.134 e. The molecule has 0 unspecified atom stereocenters. The molecule has 0 aromatic heterocycles. The van der Waals surface area contributed by atoms with Gasteiger partial charge in [0.1, 0.15) is 17.3 Å². The van der Waals surface area contributed by atoms with Crippen LogP contribution >= 0.6 is 0 Å². The van der Waals surface area contributed by atoms with Gasteiger partial charge in [0.15, 0.2) is 0 Å². The summed E-state index contributed by atoms with van der Waals surface area (Å²) in [6.45, 7) is 2.72. The lowest BCUT2D eigenvalue weighted by molar-refractivity contribution is 0.317. The van der Waals surface area contributed by atoms with Crippen LogP contribution in [0.5, 0.6) is 11.5 Å². The van der Waals surface area contributed by atoms with Crippen molar-refractivity contribution in [3.63, 3.8) is 0 Å². The molecule has 0 fully saturated rings. The van der Waals surface area contributed by atoms with Gasteiger partial charge in [-0.3, -0.25) is 0 Å². The molecule has 0 heterocycles. The first-order valence-corrected chi connectivity index (χ1v) is 5.92. The summed E-state index contributed by atoms with van der Waals surface area (Å²) in [5, 5.41) is 9.17. The van der Waals surface area contributed by atoms with E-state index in [9.17, 15) is 4.39 Å². The van der Waals surface area contributed by atoms with E-state index in [1.165, 1.54) is 6.07 Å². The molecule has 2 rings (SSSR count). The van der Waals surface area contributed by atoms with Crippen molar-refractivity contribution in [2.45, 2.75) is 13.3 Å². The van der Waals surface area contributed by atoms with E-state index in [1.807, 2.05) is 19.1 Å². The lowest BCUT2D eigenvalue weighted by atomic mass is 10.0. The molecule has 94 valence electrons. The first kappa shape index (κ1) is 12.4. The molecule has 0 radical (unpaired) electrons. The molecule has 0 aliphatic heterocycles. The van der Waals surface area contributed by atoms with Crippen molar-refractivity contribution in [3.8, 4) is 22.6 Å². The Morgan fingerprint density at radius 3 is 2.44 bits per heavy atom. The van der Waals surface area contributed by atoms with Gasteiger partial charge in [0.2, 0.25) is 0 Å². The van der Waals surface area contributed by atoms with Crippen LogP contribution in [0, 0.1) is 5.82 Å². The molecule has 0 atom stereocenters. The topological polar surface area (TPSA) is 29.5 Å². The lowest BCUT2D eigenvalue weighted by Gasteiger charge is -2.07. The van der Waals surface area contributed by atoms with Crippen molar-refractivity contribution in [1.29, 1.82) is 0 Å². The third kappa shape index (κ3) is 2.80. The zero-order chi connectivity index (χ0) is 13.0. The predicted molar refractivity (Wildman–Crippen MR) is 69.3 cm³/mol. The van der Waals surface area contributed by atoms with Gasteiger partial charge in [-0.25, -0.2) is 4.39 Å². The minimum atomic E-state index is -0.433. The molecule has 0 saturated carbocycles. The number of hydrogen-bond acceptors (Lipinski definition) is 2. The van der Waals surface area contributed by atoms with Gasteiger partial charge < -0.3 is 9.84 Å². The van der Waals surface area contributed by atoms with E-state index in [-0.39, 0.29) is 5.75 Å². The number of benzene rings is 2. The molecule has 18 heavy (non-hydrogen) atoms. The first-order chi connectivity index (χ1) is 8.70. The maximum absolute atomic E-state index is 13.6. The Hall–Kier alpha value is -2.03. The minimum Gasteiger partial charge on any atom is -0.508 e. The van der Waals surface area contributed by atoms with Gasteiger partial charge in [0.05, 0.1) is 6.61 Å². The quantitative estimate of drug-likeness (QED) is 0.884. The average Bonchev–Trinajstić information content (AvgIpc) is 2.37. The number of ether oxygens (including phenoxy) is 1. The molecule has 0 bridgehead atoms. The molecule has 0 aliphatic carbocycles. The second-order valence-corrected chi connectivity index (χ2v) is 4.04. The van der Waals surface area contributed by atoms with Gasteiger partial charge in [-0.15, -0.1) is 0 Å². The SMILES string of the molecule is CCCOc1ccc(-c2ccc(O)cc2F)cc1. The Kier molecular flexibility index (Phi) is 3.82. The molecule has 2 aromatic carbocycles. The third-order valence-corrected chi connectivity index (χ3v) is 2.59. The molecule has 0 aliphatic rings. The van der Waals surface area contributed by atoms with Crippen LogP contribution in [0.1, 0.15) is 13.3 Å². The van der Waals surface area contributed by atoms with Crippen molar-refractivity contribution in [2.24, 2.45) is 0 Å². The predicted octanol–water partition coefficient (Wildman–Crippen LogP) is 3.99. The van der Waals surface area contributed by atoms with Crippen LogP contribution in [0.3, 0.4) is 0 Å². The van der Waals surface area contributed by atoms with Crippen LogP contribution in [0.4, 0.5) is 4.39 Å². The van der Waals surface area contributed by atoms with E-state index in [0.717, 1.165) is 23.8 Å². The average molecular weight is 246 g/mol. The number of phenols is 1. The largest absolute Gasteiger partial charge is 0.508 e. The fourth-order valence-corrected chi connectivity index (χ4v) is 1.69. The second-order valence-electron chi connectivity index (χ2n) is 4.04. The summed E-state index contributed by atoms with van der Waals surface area (Å²) in [4.78, 5) is 0. The second kappa shape index (κ2) is 5.54. The molecule has 0 spiro atoms. The van der Waals surface area contributed by atoms with Crippen LogP contribution in [-0.2, 0) is 0 Å². The smallest absolute Gasteiger partial charge is 0.134 e. The summed E-state index contributed by atoms with van der Waals surface area (Å²) < 4.78 is 19.1. The summed E-state index contributed by atoms with van der Waals surface area (Å²) in [5.74, 6) is 0.274. The monoisotopic (exact) mass is 246 g/mol. The number of rotatable bonds is 4. The van der Waals surface area contributed by atoms with Gasteiger partial charge in [-0.1, -0.05) is 19.1 Å². The molecule has 3 heteroatoms. The van der Waals surface area contributed by atoms with E-state index in [4.69, 9.17) is 9.84 Å². The van der Waals surface area contributed by atoms with Gasteiger partial charge in [0, 0.05) is 11.6 Å². The lowest BCUT2D eigenvalue weighted by Crippen LogP contribution is -1.94. The highest BCUT2D eigenvalue weighted by atomic mass is 19.1. The minimum absolute atomic E-state index is 0.0702. The zero-order valence-electron chi connectivity index (χ0n) is 10.2. The van der Waals surface area contributed by atoms with Gasteiger partial charge in [0.25, 0.3) is 0 Å². The van der Waals surface area contributed by atoms with E-state index >= 15 is 0 Å². The Bertz CT molecular complexity index is 521. The van der Waals surface area contributed by atoms with Crippen LogP contribution < -0.4 is 4.74 Å². The van der Waals surface area contributed by atoms with E-state index in [0.29, 0.717) is 12.2 Å². The van der Waals surface area contributed by atoms with Crippen molar-refractivity contribution in [2.75, 3.05) is 6.61 Å². The first-order valence-electron chi connectivity index (χ1n) is 5.92. The molecule has 0 saturated heterocycles. The zero-order valence-corrected chi connectivity index (χ0v) is 10.2. The van der Waals surface area contributed by atoms with Gasteiger partial charge in [-0.05, 0) is 36.2 Å². The highest BCUT2D eigenvalue weighted by molar-refractivity contribution is 5.65. The number of hydrogen-bond donors (Lipinski definition) is 1. The van der Waals surface area contributed by atoms with Gasteiger partial charge >= 0.3 is 0 Å². The summed E-state index contributed by atoms with van der Waals surface area (Å²) in [6.07, 6.45) is 0.953. The highest BCUT2D eigenvalue weighted by Gasteiger charge is 2.06. The number of aromatic hydroxyl groups is 1. The van der Waals surface area contributed by atoms with Crippen LogP contribution in [0.25, 0.3) is 11.1 Å². The van der Waals surface area contributed by atoms with E-state index < -0.39 is 5.82 Å². The van der Waals surface area contributed by atoms with Crippen molar-refractivity contribution >= 4 is 0 Å². The molecule has 2 nitrogen and oxygen atoms in total. The molecule has 1 N–H and O–H groups in total. The summed E-state index contributed by atoms with van der Waals surface area (Å²) in [5.41, 5.74) is 1.23. The summed E-state index contributed by atoms with van der Waals surface area (Å²) in [7, 11) is 0.